The Hall–Kier alpha value is -1.76. The molecule has 0 aliphatic carbocycles. The zero-order chi connectivity index (χ0) is 17.0. The lowest BCUT2D eigenvalue weighted by atomic mass is 9.79. The van der Waals surface area contributed by atoms with E-state index in [0.717, 1.165) is 30.0 Å². The Labute approximate surface area is 146 Å². The lowest BCUT2D eigenvalue weighted by Crippen LogP contribution is -2.61. The molecule has 2 atom stereocenters. The number of hydrogen-bond donors (Lipinski definition) is 3. The number of rotatable bonds is 5. The predicted octanol–water partition coefficient (Wildman–Crippen LogP) is 2.08. The molecule has 1 amide bonds. The zero-order valence-electron chi connectivity index (χ0n) is 13.8. The molecule has 1 aromatic heterocycles. The van der Waals surface area contributed by atoms with Crippen LogP contribution in [0.25, 0.3) is 0 Å². The van der Waals surface area contributed by atoms with E-state index in [2.05, 4.69) is 22.5 Å². The molecule has 128 valence electrons. The Balaban J connectivity index is 1.87. The molecule has 2 heterocycles. The summed E-state index contributed by atoms with van der Waals surface area (Å²) in [5.41, 5.74) is 0.582. The Morgan fingerprint density at radius 1 is 1.46 bits per heavy atom. The fourth-order valence-corrected chi connectivity index (χ4v) is 4.05. The van der Waals surface area contributed by atoms with Gasteiger partial charge in [-0.3, -0.25) is 4.79 Å². The zero-order valence-corrected chi connectivity index (χ0v) is 14.6. The number of amides is 1. The largest absolute Gasteiger partial charge is 0.389 e. The van der Waals surface area contributed by atoms with Crippen LogP contribution in [0.1, 0.15) is 40.8 Å². The predicted molar refractivity (Wildman–Crippen MR) is 95.2 cm³/mol. The van der Waals surface area contributed by atoms with E-state index in [-0.39, 0.29) is 5.91 Å². The summed E-state index contributed by atoms with van der Waals surface area (Å²) in [4.78, 5) is 17.2. The van der Waals surface area contributed by atoms with E-state index < -0.39 is 11.6 Å². The Bertz CT molecular complexity index is 689. The molecule has 24 heavy (non-hydrogen) atoms. The molecule has 3 N–H and O–H groups in total. The van der Waals surface area contributed by atoms with Gasteiger partial charge in [0.25, 0.3) is 5.91 Å². The fraction of sp³-hybridized carbons (Fsp3) is 0.444. The first kappa shape index (κ1) is 17.1. The molecule has 1 aromatic carbocycles. The third-order valence-corrected chi connectivity index (χ3v) is 5.39. The second-order valence-corrected chi connectivity index (χ2v) is 7.08. The molecule has 6 heteroatoms. The second-order valence-electron chi connectivity index (χ2n) is 6.14. The second kappa shape index (κ2) is 7.42. The maximum absolute atomic E-state index is 12.8. The summed E-state index contributed by atoms with van der Waals surface area (Å²) in [5.74, 6) is -0.224. The van der Waals surface area contributed by atoms with Crippen LogP contribution >= 0.6 is 11.3 Å². The molecule has 1 aliphatic rings. The number of β-amino-alcohol motifs (C(OH)–C–C–N with tert-alkyl or cyclic N) is 1. The number of aryl methyl sites for hydroxylation is 1. The van der Waals surface area contributed by atoms with Crippen molar-refractivity contribution in [3.8, 4) is 0 Å². The topological polar surface area (TPSA) is 74.2 Å². The van der Waals surface area contributed by atoms with E-state index in [1.54, 1.807) is 5.38 Å². The highest BCUT2D eigenvalue weighted by atomic mass is 32.1. The molecule has 0 unspecified atom stereocenters. The van der Waals surface area contributed by atoms with Crippen LogP contribution in [-0.2, 0) is 12.0 Å². The first-order valence-electron chi connectivity index (χ1n) is 8.37. The van der Waals surface area contributed by atoms with E-state index in [4.69, 9.17) is 0 Å². The molecule has 3 rings (SSSR count). The molecule has 0 radical (unpaired) electrons. The standard InChI is InChI=1S/C18H23N3O2S/c1-2-6-16-20-14(12-24-16)17(23)21-18(9-10-19-11-15(18)22)13-7-4-3-5-8-13/h3-5,7-8,12,15,19,22H,2,6,9-11H2,1H3,(H,21,23)/t15-,18-/m1/s1. The van der Waals surface area contributed by atoms with Crippen LogP contribution in [0.3, 0.4) is 0 Å². The van der Waals surface area contributed by atoms with Crippen LogP contribution < -0.4 is 10.6 Å². The average Bonchev–Trinajstić information content (AvgIpc) is 3.07. The third kappa shape index (κ3) is 3.36. The van der Waals surface area contributed by atoms with Crippen molar-refractivity contribution >= 4 is 17.2 Å². The Kier molecular flexibility index (Phi) is 5.28. The SMILES string of the molecule is CCCc1nc(C(=O)N[C@@]2(c3ccccc3)CCNC[C@H]2O)cs1. The number of aliphatic hydroxyl groups is 1. The van der Waals surface area contributed by atoms with Crippen molar-refractivity contribution in [1.82, 2.24) is 15.6 Å². The number of nitrogens with one attached hydrogen (secondary N) is 2. The lowest BCUT2D eigenvalue weighted by Gasteiger charge is -2.42. The van der Waals surface area contributed by atoms with Crippen molar-refractivity contribution < 1.29 is 9.90 Å². The summed E-state index contributed by atoms with van der Waals surface area (Å²) in [6, 6.07) is 9.71. The highest BCUT2D eigenvalue weighted by Gasteiger charge is 2.43. The maximum Gasteiger partial charge on any atom is 0.271 e. The number of hydrogen-bond acceptors (Lipinski definition) is 5. The average molecular weight is 345 g/mol. The first-order chi connectivity index (χ1) is 11.7. The van der Waals surface area contributed by atoms with Gasteiger partial charge in [0.15, 0.2) is 0 Å². The van der Waals surface area contributed by atoms with E-state index >= 15 is 0 Å². The number of piperidine rings is 1. The molecular weight excluding hydrogens is 322 g/mol. The number of aromatic nitrogens is 1. The molecule has 0 spiro atoms. The van der Waals surface area contributed by atoms with Crippen molar-refractivity contribution in [2.24, 2.45) is 0 Å². The van der Waals surface area contributed by atoms with Gasteiger partial charge < -0.3 is 15.7 Å². The molecule has 1 aliphatic heterocycles. The van der Waals surface area contributed by atoms with Gasteiger partial charge in [0.1, 0.15) is 5.69 Å². The van der Waals surface area contributed by atoms with E-state index in [1.165, 1.54) is 11.3 Å². The number of thiazole rings is 1. The van der Waals surface area contributed by atoms with Gasteiger partial charge in [-0.1, -0.05) is 37.3 Å². The molecule has 1 saturated heterocycles. The summed E-state index contributed by atoms with van der Waals surface area (Å²) >= 11 is 1.51. The fourth-order valence-electron chi connectivity index (χ4n) is 3.17. The van der Waals surface area contributed by atoms with Gasteiger partial charge in [-0.05, 0) is 31.4 Å². The number of aliphatic hydroxyl groups excluding tert-OH is 1. The van der Waals surface area contributed by atoms with Gasteiger partial charge >= 0.3 is 0 Å². The smallest absolute Gasteiger partial charge is 0.271 e. The van der Waals surface area contributed by atoms with Gasteiger partial charge in [-0.2, -0.15) is 0 Å². The van der Waals surface area contributed by atoms with Gasteiger partial charge in [-0.25, -0.2) is 4.98 Å². The maximum atomic E-state index is 12.8. The lowest BCUT2D eigenvalue weighted by molar-refractivity contribution is 0.0288. The van der Waals surface area contributed by atoms with E-state index in [0.29, 0.717) is 18.7 Å². The quantitative estimate of drug-likeness (QED) is 0.776. The van der Waals surface area contributed by atoms with Crippen LogP contribution in [0.4, 0.5) is 0 Å². The highest BCUT2D eigenvalue weighted by Crippen LogP contribution is 2.31. The van der Waals surface area contributed by atoms with Crippen molar-refractivity contribution in [2.45, 2.75) is 37.8 Å². The van der Waals surface area contributed by atoms with E-state index in [1.807, 2.05) is 30.3 Å². The van der Waals surface area contributed by atoms with Crippen molar-refractivity contribution in [3.05, 3.63) is 52.0 Å². The van der Waals surface area contributed by atoms with Crippen LogP contribution in [0.2, 0.25) is 0 Å². The van der Waals surface area contributed by atoms with Gasteiger partial charge in [0.05, 0.1) is 16.7 Å². The van der Waals surface area contributed by atoms with Crippen LogP contribution in [0.15, 0.2) is 35.7 Å². The molecule has 2 aromatic rings. The van der Waals surface area contributed by atoms with Crippen molar-refractivity contribution in [2.75, 3.05) is 13.1 Å². The van der Waals surface area contributed by atoms with Crippen molar-refractivity contribution in [3.63, 3.8) is 0 Å². The summed E-state index contributed by atoms with van der Waals surface area (Å²) in [7, 11) is 0. The van der Waals surface area contributed by atoms with E-state index in [9.17, 15) is 9.90 Å². The Morgan fingerprint density at radius 3 is 2.96 bits per heavy atom. The summed E-state index contributed by atoms with van der Waals surface area (Å²) in [5, 5.41) is 19.7. The number of nitrogens with zero attached hydrogens (tertiary/aromatic N) is 1. The normalized spacial score (nSPS) is 23.8. The number of carbonyl (C=O) groups excluding carboxylic acids is 1. The third-order valence-electron chi connectivity index (χ3n) is 4.48. The number of carbonyl (C=O) groups is 1. The number of benzene rings is 1. The van der Waals surface area contributed by atoms with Crippen LogP contribution in [0.5, 0.6) is 0 Å². The monoisotopic (exact) mass is 345 g/mol. The van der Waals surface area contributed by atoms with Gasteiger partial charge in [0, 0.05) is 11.9 Å². The molecule has 1 fully saturated rings. The molecule has 0 saturated carbocycles. The molecule has 0 bridgehead atoms. The first-order valence-corrected chi connectivity index (χ1v) is 9.25. The minimum atomic E-state index is -0.780. The van der Waals surface area contributed by atoms with Crippen LogP contribution in [0, 0.1) is 0 Å². The summed E-state index contributed by atoms with van der Waals surface area (Å²) in [6.07, 6.45) is 1.84. The molecular formula is C18H23N3O2S. The minimum absolute atomic E-state index is 0.224. The molecule has 5 nitrogen and oxygen atoms in total. The van der Waals surface area contributed by atoms with Gasteiger partial charge in [0.2, 0.25) is 0 Å². The Morgan fingerprint density at radius 2 is 2.25 bits per heavy atom. The summed E-state index contributed by atoms with van der Waals surface area (Å²) < 4.78 is 0. The van der Waals surface area contributed by atoms with Crippen LogP contribution in [-0.4, -0.2) is 35.2 Å². The van der Waals surface area contributed by atoms with Crippen molar-refractivity contribution in [1.29, 1.82) is 0 Å². The summed E-state index contributed by atoms with van der Waals surface area (Å²) in [6.45, 7) is 3.29. The highest BCUT2D eigenvalue weighted by molar-refractivity contribution is 7.09. The minimum Gasteiger partial charge on any atom is -0.389 e. The van der Waals surface area contributed by atoms with Gasteiger partial charge in [-0.15, -0.1) is 11.3 Å².